The van der Waals surface area contributed by atoms with E-state index < -0.39 is 35.8 Å². The molecule has 1 aromatic heterocycles. The number of nitrogens with one attached hydrogen (secondary N) is 1. The number of aromatic hydroxyl groups is 2. The summed E-state index contributed by atoms with van der Waals surface area (Å²) in [6.07, 6.45) is 3.16. The van der Waals surface area contributed by atoms with Gasteiger partial charge in [0.25, 0.3) is 11.8 Å². The first-order valence-corrected chi connectivity index (χ1v) is 8.39. The third-order valence-electron chi connectivity index (χ3n) is 4.29. The van der Waals surface area contributed by atoms with Gasteiger partial charge in [-0.1, -0.05) is 0 Å². The molecule has 2 rings (SSSR count). The molecule has 10 heteroatoms. The van der Waals surface area contributed by atoms with Crippen LogP contribution in [-0.4, -0.2) is 61.1 Å². The van der Waals surface area contributed by atoms with Gasteiger partial charge in [-0.05, 0) is 26.2 Å². The molecule has 0 saturated heterocycles. The van der Waals surface area contributed by atoms with E-state index in [4.69, 9.17) is 0 Å². The molecule has 146 valence electrons. The number of unbranched alkanes of at least 4 members (excludes halogenated alkanes) is 1. The van der Waals surface area contributed by atoms with Gasteiger partial charge in [0.15, 0.2) is 11.8 Å². The Bertz CT molecular complexity index is 746. The average molecular weight is 379 g/mol. The summed E-state index contributed by atoms with van der Waals surface area (Å²) in [5.74, 6) is -3.48. The Kier molecular flexibility index (Phi) is 6.22. The van der Waals surface area contributed by atoms with Gasteiger partial charge in [0.1, 0.15) is 12.1 Å². The number of rotatable bonds is 9. The van der Waals surface area contributed by atoms with Gasteiger partial charge < -0.3 is 20.6 Å². The number of hydrogen-bond acceptors (Lipinski definition) is 6. The first kappa shape index (κ1) is 20.0. The lowest BCUT2D eigenvalue weighted by Gasteiger charge is -2.21. The van der Waals surface area contributed by atoms with Crippen LogP contribution in [0.15, 0.2) is 24.3 Å². The molecule has 2 heterocycles. The number of aromatic nitrogens is 1. The minimum atomic E-state index is -1.20. The summed E-state index contributed by atoms with van der Waals surface area (Å²) in [4.78, 5) is 47.4. The SMILES string of the molecule is CC(C(=O)NCCCCC(C(=O)O)n1c(O)ccc1O)N1C(=O)C=CC1=O. The van der Waals surface area contributed by atoms with E-state index in [-0.39, 0.29) is 24.7 Å². The maximum absolute atomic E-state index is 12.1. The Morgan fingerprint density at radius 2 is 1.63 bits per heavy atom. The van der Waals surface area contributed by atoms with Gasteiger partial charge in [0, 0.05) is 30.8 Å². The van der Waals surface area contributed by atoms with Crippen molar-refractivity contribution in [1.82, 2.24) is 14.8 Å². The van der Waals surface area contributed by atoms with Crippen LogP contribution in [0.25, 0.3) is 0 Å². The normalized spacial score (nSPS) is 15.8. The van der Waals surface area contributed by atoms with E-state index in [0.29, 0.717) is 12.8 Å². The molecule has 0 bridgehead atoms. The second-order valence-corrected chi connectivity index (χ2v) is 6.12. The van der Waals surface area contributed by atoms with Crippen molar-refractivity contribution in [2.45, 2.75) is 38.3 Å². The Morgan fingerprint density at radius 3 is 2.15 bits per heavy atom. The molecule has 1 aliphatic heterocycles. The molecular formula is C17H21N3O7. The fourth-order valence-electron chi connectivity index (χ4n) is 2.84. The van der Waals surface area contributed by atoms with Crippen LogP contribution < -0.4 is 5.32 Å². The number of imide groups is 1. The van der Waals surface area contributed by atoms with Crippen molar-refractivity contribution in [2.75, 3.05) is 6.54 Å². The standard InChI is InChI=1S/C17H21N3O7/c1-10(19-12(21)5-6-13(19)22)16(25)18-9-3-2-4-11(17(26)27)20-14(23)7-8-15(20)24/h5-8,10-11,23-24H,2-4,9H2,1H3,(H,18,25)(H,26,27). The molecule has 4 N–H and O–H groups in total. The molecule has 1 aliphatic rings. The van der Waals surface area contributed by atoms with Crippen molar-refractivity contribution in [3.8, 4) is 11.8 Å². The van der Waals surface area contributed by atoms with Crippen LogP contribution in [0.5, 0.6) is 11.8 Å². The van der Waals surface area contributed by atoms with Crippen molar-refractivity contribution in [2.24, 2.45) is 0 Å². The Hall–Kier alpha value is -3.30. The second-order valence-electron chi connectivity index (χ2n) is 6.12. The minimum Gasteiger partial charge on any atom is -0.494 e. The highest BCUT2D eigenvalue weighted by molar-refractivity contribution is 6.15. The third-order valence-corrected chi connectivity index (χ3v) is 4.29. The zero-order valence-electron chi connectivity index (χ0n) is 14.7. The molecule has 0 radical (unpaired) electrons. The van der Waals surface area contributed by atoms with Crippen LogP contribution in [-0.2, 0) is 19.2 Å². The topological polar surface area (TPSA) is 149 Å². The van der Waals surface area contributed by atoms with Gasteiger partial charge in [0.2, 0.25) is 5.91 Å². The lowest BCUT2D eigenvalue weighted by Crippen LogP contribution is -2.48. The first-order valence-electron chi connectivity index (χ1n) is 8.39. The summed E-state index contributed by atoms with van der Waals surface area (Å²) in [6.45, 7) is 1.67. The van der Waals surface area contributed by atoms with Gasteiger partial charge >= 0.3 is 5.97 Å². The number of carboxylic acid groups (broad SMARTS) is 1. The number of amides is 3. The molecular weight excluding hydrogens is 358 g/mol. The van der Waals surface area contributed by atoms with Crippen LogP contribution >= 0.6 is 0 Å². The largest absolute Gasteiger partial charge is 0.494 e. The van der Waals surface area contributed by atoms with Gasteiger partial charge in [-0.3, -0.25) is 23.9 Å². The summed E-state index contributed by atoms with van der Waals surface area (Å²) in [5, 5.41) is 31.2. The first-order chi connectivity index (χ1) is 12.7. The van der Waals surface area contributed by atoms with E-state index in [9.17, 15) is 34.5 Å². The van der Waals surface area contributed by atoms with Crippen LogP contribution in [0.1, 0.15) is 32.2 Å². The highest BCUT2D eigenvalue weighted by atomic mass is 16.4. The van der Waals surface area contributed by atoms with E-state index in [2.05, 4.69) is 5.32 Å². The number of carbonyl (C=O) groups excluding carboxylic acids is 3. The van der Waals surface area contributed by atoms with Crippen molar-refractivity contribution in [3.63, 3.8) is 0 Å². The summed E-state index contributed by atoms with van der Waals surface area (Å²) in [7, 11) is 0. The maximum Gasteiger partial charge on any atom is 0.326 e. The monoisotopic (exact) mass is 379 g/mol. The Balaban J connectivity index is 1.79. The molecule has 0 saturated carbocycles. The number of aliphatic carboxylic acids is 1. The van der Waals surface area contributed by atoms with E-state index in [1.54, 1.807) is 0 Å². The van der Waals surface area contributed by atoms with Crippen LogP contribution in [0.2, 0.25) is 0 Å². The molecule has 3 amide bonds. The number of hydrogen-bond donors (Lipinski definition) is 4. The average Bonchev–Trinajstić information content (AvgIpc) is 3.12. The van der Waals surface area contributed by atoms with Crippen molar-refractivity contribution in [3.05, 3.63) is 24.3 Å². The maximum atomic E-state index is 12.1. The van der Waals surface area contributed by atoms with Gasteiger partial charge in [-0.15, -0.1) is 0 Å². The molecule has 10 nitrogen and oxygen atoms in total. The van der Waals surface area contributed by atoms with Crippen LogP contribution in [0, 0.1) is 0 Å². The predicted molar refractivity (Wildman–Crippen MR) is 91.8 cm³/mol. The molecule has 2 unspecified atom stereocenters. The van der Waals surface area contributed by atoms with Crippen molar-refractivity contribution < 1.29 is 34.5 Å². The minimum absolute atomic E-state index is 0.129. The third kappa shape index (κ3) is 4.46. The van der Waals surface area contributed by atoms with Gasteiger partial charge in [-0.25, -0.2) is 4.79 Å². The quantitative estimate of drug-likeness (QED) is 0.352. The zero-order chi connectivity index (χ0) is 20.1. The summed E-state index contributed by atoms with van der Waals surface area (Å²) >= 11 is 0. The fraction of sp³-hybridized carbons (Fsp3) is 0.412. The Labute approximate surface area is 154 Å². The number of nitrogens with zero attached hydrogens (tertiary/aromatic N) is 2. The molecule has 2 atom stereocenters. The molecule has 1 aromatic rings. The molecule has 0 aliphatic carbocycles. The molecule has 0 fully saturated rings. The van der Waals surface area contributed by atoms with Crippen molar-refractivity contribution in [1.29, 1.82) is 0 Å². The van der Waals surface area contributed by atoms with Gasteiger partial charge in [0.05, 0.1) is 0 Å². The van der Waals surface area contributed by atoms with Crippen LogP contribution in [0.3, 0.4) is 0 Å². The van der Waals surface area contributed by atoms with Crippen molar-refractivity contribution >= 4 is 23.7 Å². The van der Waals surface area contributed by atoms with E-state index >= 15 is 0 Å². The number of carboxylic acids is 1. The molecule has 0 aromatic carbocycles. The predicted octanol–water partition coefficient (Wildman–Crippen LogP) is 0.125. The summed E-state index contributed by atoms with van der Waals surface area (Å²) < 4.78 is 0.917. The molecule has 27 heavy (non-hydrogen) atoms. The molecule has 0 spiro atoms. The zero-order valence-corrected chi connectivity index (χ0v) is 14.7. The summed E-state index contributed by atoms with van der Waals surface area (Å²) in [6, 6.07) is 0.312. The van der Waals surface area contributed by atoms with E-state index in [1.807, 2.05) is 0 Å². The van der Waals surface area contributed by atoms with Crippen LogP contribution in [0.4, 0.5) is 0 Å². The highest BCUT2D eigenvalue weighted by Crippen LogP contribution is 2.29. The smallest absolute Gasteiger partial charge is 0.326 e. The second kappa shape index (κ2) is 8.39. The lowest BCUT2D eigenvalue weighted by molar-refractivity contribution is -0.144. The number of carbonyl (C=O) groups is 4. The van der Waals surface area contributed by atoms with E-state index in [0.717, 1.165) is 21.6 Å². The lowest BCUT2D eigenvalue weighted by atomic mass is 10.1. The highest BCUT2D eigenvalue weighted by Gasteiger charge is 2.32. The Morgan fingerprint density at radius 1 is 1.07 bits per heavy atom. The fourth-order valence-corrected chi connectivity index (χ4v) is 2.84. The van der Waals surface area contributed by atoms with E-state index in [1.165, 1.54) is 19.1 Å². The van der Waals surface area contributed by atoms with Gasteiger partial charge in [-0.2, -0.15) is 0 Å². The summed E-state index contributed by atoms with van der Waals surface area (Å²) in [5.41, 5.74) is 0.